The molecule has 0 heterocycles. The summed E-state index contributed by atoms with van der Waals surface area (Å²) in [4.78, 5) is 0. The van der Waals surface area contributed by atoms with Gasteiger partial charge in [0.1, 0.15) is 11.9 Å². The van der Waals surface area contributed by atoms with Gasteiger partial charge >= 0.3 is 0 Å². The molecule has 1 aromatic rings. The van der Waals surface area contributed by atoms with Crippen LogP contribution in [-0.4, -0.2) is 17.8 Å². The molecule has 0 unspecified atom stereocenters. The smallest absolute Gasteiger partial charge is 0.140 e. The van der Waals surface area contributed by atoms with Crippen molar-refractivity contribution >= 4 is 0 Å². The molecule has 0 saturated carbocycles. The molecule has 1 aromatic carbocycles. The number of nitrogens with zero attached hydrogens (tertiary/aromatic N) is 1. The number of hydrogen-bond donors (Lipinski definition) is 2. The van der Waals surface area contributed by atoms with Gasteiger partial charge in [0.25, 0.3) is 0 Å². The van der Waals surface area contributed by atoms with Crippen LogP contribution in [-0.2, 0) is 6.54 Å². The predicted octanol–water partition coefficient (Wildman–Crippen LogP) is 2.19. The van der Waals surface area contributed by atoms with Crippen molar-refractivity contribution in [2.45, 2.75) is 32.9 Å². The lowest BCUT2D eigenvalue weighted by molar-refractivity contribution is 0.244. The van der Waals surface area contributed by atoms with Gasteiger partial charge in [-0.1, -0.05) is 19.9 Å². The number of aliphatic hydroxyl groups is 1. The van der Waals surface area contributed by atoms with E-state index in [0.717, 1.165) is 5.56 Å². The summed E-state index contributed by atoms with van der Waals surface area (Å²) in [5.74, 6) is -0.0787. The van der Waals surface area contributed by atoms with Crippen LogP contribution in [0.25, 0.3) is 0 Å². The summed E-state index contributed by atoms with van der Waals surface area (Å²) in [6.07, 6.45) is 0.684. The molecule has 98 valence electrons. The fourth-order valence-corrected chi connectivity index (χ4v) is 1.83. The third kappa shape index (κ3) is 4.10. The molecule has 0 fully saturated rings. The second kappa shape index (κ2) is 7.10. The summed E-state index contributed by atoms with van der Waals surface area (Å²) in [5, 5.41) is 21.0. The van der Waals surface area contributed by atoms with E-state index in [2.05, 4.69) is 19.2 Å². The Morgan fingerprint density at radius 3 is 2.72 bits per heavy atom. The average Bonchev–Trinajstić information content (AvgIpc) is 2.35. The number of hydrogen-bond acceptors (Lipinski definition) is 3. The van der Waals surface area contributed by atoms with Crippen LogP contribution in [0.2, 0.25) is 0 Å². The number of nitriles is 1. The van der Waals surface area contributed by atoms with Crippen molar-refractivity contribution in [1.29, 1.82) is 5.26 Å². The Balaban J connectivity index is 2.65. The van der Waals surface area contributed by atoms with Gasteiger partial charge in [-0.3, -0.25) is 0 Å². The second-order valence-corrected chi connectivity index (χ2v) is 4.67. The topological polar surface area (TPSA) is 56.0 Å². The number of rotatable bonds is 6. The normalized spacial score (nSPS) is 12.4. The molecule has 1 rings (SSSR count). The van der Waals surface area contributed by atoms with Crippen molar-refractivity contribution in [1.82, 2.24) is 5.32 Å². The minimum absolute atomic E-state index is 0.0672. The van der Waals surface area contributed by atoms with Crippen LogP contribution in [0.5, 0.6) is 0 Å². The number of halogens is 1. The molecule has 0 aliphatic heterocycles. The summed E-state index contributed by atoms with van der Waals surface area (Å²) in [6, 6.07) is 6.57. The summed E-state index contributed by atoms with van der Waals surface area (Å²) in [5.41, 5.74) is 0.939. The maximum Gasteiger partial charge on any atom is 0.140 e. The molecule has 0 spiro atoms. The van der Waals surface area contributed by atoms with Crippen molar-refractivity contribution in [2.24, 2.45) is 5.92 Å². The first-order valence-corrected chi connectivity index (χ1v) is 6.11. The molecule has 3 nitrogen and oxygen atoms in total. The van der Waals surface area contributed by atoms with Crippen molar-refractivity contribution < 1.29 is 9.50 Å². The van der Waals surface area contributed by atoms with E-state index in [0.29, 0.717) is 18.9 Å². The van der Waals surface area contributed by atoms with Gasteiger partial charge in [0.05, 0.1) is 5.56 Å². The maximum absolute atomic E-state index is 13.1. The molecule has 0 aromatic heterocycles. The van der Waals surface area contributed by atoms with E-state index in [9.17, 15) is 4.39 Å². The summed E-state index contributed by atoms with van der Waals surface area (Å²) in [7, 11) is 0. The molecule has 4 heteroatoms. The first kappa shape index (κ1) is 14.6. The lowest BCUT2D eigenvalue weighted by Crippen LogP contribution is -2.34. The quantitative estimate of drug-likeness (QED) is 0.813. The SMILES string of the molecule is CC(C)[C@H](CCO)NCc1ccc(F)c(C#N)c1. The van der Waals surface area contributed by atoms with Crippen LogP contribution in [0.3, 0.4) is 0 Å². The zero-order valence-corrected chi connectivity index (χ0v) is 10.8. The van der Waals surface area contributed by atoms with Crippen LogP contribution < -0.4 is 5.32 Å². The molecule has 0 radical (unpaired) electrons. The Bertz CT molecular complexity index is 426. The van der Waals surface area contributed by atoms with E-state index >= 15 is 0 Å². The predicted molar refractivity (Wildman–Crippen MR) is 68.3 cm³/mol. The van der Waals surface area contributed by atoms with Crippen LogP contribution in [0.1, 0.15) is 31.4 Å². The molecular formula is C14H19FN2O. The van der Waals surface area contributed by atoms with Gasteiger partial charge < -0.3 is 10.4 Å². The maximum atomic E-state index is 13.1. The molecule has 0 bridgehead atoms. The highest BCUT2D eigenvalue weighted by Crippen LogP contribution is 2.11. The van der Waals surface area contributed by atoms with Gasteiger partial charge in [0, 0.05) is 19.2 Å². The van der Waals surface area contributed by atoms with Crippen molar-refractivity contribution in [3.8, 4) is 6.07 Å². The van der Waals surface area contributed by atoms with Gasteiger partial charge in [0.2, 0.25) is 0 Å². The van der Waals surface area contributed by atoms with Crippen LogP contribution in [0.15, 0.2) is 18.2 Å². The monoisotopic (exact) mass is 250 g/mol. The summed E-state index contributed by atoms with van der Waals surface area (Å²) < 4.78 is 13.1. The second-order valence-electron chi connectivity index (χ2n) is 4.67. The van der Waals surface area contributed by atoms with Gasteiger partial charge in [-0.05, 0) is 30.0 Å². The van der Waals surface area contributed by atoms with E-state index < -0.39 is 5.82 Å². The lowest BCUT2D eigenvalue weighted by atomic mass is 10.0. The van der Waals surface area contributed by atoms with Crippen LogP contribution in [0, 0.1) is 23.1 Å². The first-order valence-electron chi connectivity index (χ1n) is 6.11. The number of benzene rings is 1. The van der Waals surface area contributed by atoms with Crippen LogP contribution in [0.4, 0.5) is 4.39 Å². The Kier molecular flexibility index (Phi) is 5.76. The molecule has 0 aliphatic rings. The van der Waals surface area contributed by atoms with E-state index in [4.69, 9.17) is 10.4 Å². The highest BCUT2D eigenvalue weighted by atomic mass is 19.1. The molecule has 0 saturated heterocycles. The number of nitrogens with one attached hydrogen (secondary N) is 1. The third-order valence-electron chi connectivity index (χ3n) is 2.96. The van der Waals surface area contributed by atoms with E-state index in [1.165, 1.54) is 6.07 Å². The largest absolute Gasteiger partial charge is 0.396 e. The van der Waals surface area contributed by atoms with E-state index in [-0.39, 0.29) is 18.2 Å². The fraction of sp³-hybridized carbons (Fsp3) is 0.500. The van der Waals surface area contributed by atoms with Crippen molar-refractivity contribution in [3.05, 3.63) is 35.1 Å². The molecule has 2 N–H and O–H groups in total. The summed E-state index contributed by atoms with van der Waals surface area (Å²) >= 11 is 0. The highest BCUT2D eigenvalue weighted by molar-refractivity contribution is 5.34. The molecule has 1 atom stereocenters. The number of aliphatic hydroxyl groups excluding tert-OH is 1. The molecule has 18 heavy (non-hydrogen) atoms. The minimum Gasteiger partial charge on any atom is -0.396 e. The zero-order valence-electron chi connectivity index (χ0n) is 10.8. The standard InChI is InChI=1S/C14H19FN2O/c1-10(2)14(5-6-18)17-9-11-3-4-13(15)12(7-11)8-16/h3-4,7,10,14,17-18H,5-6,9H2,1-2H3/t14-/m0/s1. The fourth-order valence-electron chi connectivity index (χ4n) is 1.83. The molecular weight excluding hydrogens is 231 g/mol. The third-order valence-corrected chi connectivity index (χ3v) is 2.96. The average molecular weight is 250 g/mol. The Hall–Kier alpha value is -1.44. The first-order chi connectivity index (χ1) is 8.58. The molecule has 0 aliphatic carbocycles. The van der Waals surface area contributed by atoms with Gasteiger partial charge in [0.15, 0.2) is 0 Å². The van der Waals surface area contributed by atoms with Crippen molar-refractivity contribution in [3.63, 3.8) is 0 Å². The van der Waals surface area contributed by atoms with E-state index in [1.807, 2.05) is 6.07 Å². The van der Waals surface area contributed by atoms with E-state index in [1.54, 1.807) is 12.1 Å². The van der Waals surface area contributed by atoms with Gasteiger partial charge in [-0.15, -0.1) is 0 Å². The zero-order chi connectivity index (χ0) is 13.5. The highest BCUT2D eigenvalue weighted by Gasteiger charge is 2.12. The van der Waals surface area contributed by atoms with Gasteiger partial charge in [-0.2, -0.15) is 5.26 Å². The Morgan fingerprint density at radius 1 is 1.44 bits per heavy atom. The summed E-state index contributed by atoms with van der Waals surface area (Å²) in [6.45, 7) is 4.87. The van der Waals surface area contributed by atoms with Gasteiger partial charge in [-0.25, -0.2) is 4.39 Å². The van der Waals surface area contributed by atoms with Crippen LogP contribution >= 0.6 is 0 Å². The molecule has 0 amide bonds. The minimum atomic E-state index is -0.489. The Labute approximate surface area is 107 Å². The van der Waals surface area contributed by atoms with Crippen molar-refractivity contribution in [2.75, 3.05) is 6.61 Å². The lowest BCUT2D eigenvalue weighted by Gasteiger charge is -2.21. The Morgan fingerprint density at radius 2 is 2.17 bits per heavy atom.